The maximum absolute atomic E-state index is 11.9. The highest BCUT2D eigenvalue weighted by atomic mass is 16.5. The minimum atomic E-state index is -0.283. The van der Waals surface area contributed by atoms with E-state index >= 15 is 0 Å². The van der Waals surface area contributed by atoms with Gasteiger partial charge in [-0.2, -0.15) is 0 Å². The molecular weight excluding hydrogens is 302 g/mol. The third-order valence-electron chi connectivity index (χ3n) is 4.95. The Kier molecular flexibility index (Phi) is 3.98. The van der Waals surface area contributed by atoms with E-state index in [4.69, 9.17) is 9.47 Å². The molecule has 0 atom stereocenters. The number of benzene rings is 2. The third kappa shape index (κ3) is 2.57. The van der Waals surface area contributed by atoms with Gasteiger partial charge in [0.1, 0.15) is 0 Å². The van der Waals surface area contributed by atoms with Crippen LogP contribution in [-0.4, -0.2) is 32.3 Å². The standard InChI is InChI=1S/C20H21NO3/c1-23-20(22)15-6-7-19-16(13-15)12-14-4-2-3-5-18(14)21(19)17-8-10-24-11-9-17/h2-7,13,17H,8-12H2,1H3. The highest BCUT2D eigenvalue weighted by Gasteiger charge is 2.30. The number of fused-ring (bicyclic) bond motifs is 2. The van der Waals surface area contributed by atoms with Crippen LogP contribution in [0.3, 0.4) is 0 Å². The number of hydrogen-bond donors (Lipinski definition) is 0. The molecule has 4 nitrogen and oxygen atoms in total. The van der Waals surface area contributed by atoms with E-state index in [9.17, 15) is 4.79 Å². The van der Waals surface area contributed by atoms with Crippen molar-refractivity contribution in [3.63, 3.8) is 0 Å². The van der Waals surface area contributed by atoms with E-state index in [1.165, 1.54) is 29.6 Å². The van der Waals surface area contributed by atoms with Gasteiger partial charge in [0.2, 0.25) is 0 Å². The van der Waals surface area contributed by atoms with Crippen molar-refractivity contribution in [1.82, 2.24) is 0 Å². The highest BCUT2D eigenvalue weighted by Crippen LogP contribution is 2.42. The molecule has 0 radical (unpaired) electrons. The van der Waals surface area contributed by atoms with E-state index in [2.05, 4.69) is 35.2 Å². The van der Waals surface area contributed by atoms with Crippen LogP contribution in [0.1, 0.15) is 34.3 Å². The number of carbonyl (C=O) groups is 1. The molecule has 1 fully saturated rings. The van der Waals surface area contributed by atoms with Crippen LogP contribution in [0.25, 0.3) is 0 Å². The van der Waals surface area contributed by atoms with Crippen LogP contribution in [0.5, 0.6) is 0 Å². The van der Waals surface area contributed by atoms with E-state index in [-0.39, 0.29) is 5.97 Å². The number of anilines is 2. The quantitative estimate of drug-likeness (QED) is 0.790. The van der Waals surface area contributed by atoms with Gasteiger partial charge in [-0.05, 0) is 48.2 Å². The van der Waals surface area contributed by atoms with Gasteiger partial charge in [0.05, 0.1) is 12.7 Å². The minimum Gasteiger partial charge on any atom is -0.465 e. The number of ether oxygens (including phenoxy) is 2. The number of nitrogens with zero attached hydrogens (tertiary/aromatic N) is 1. The topological polar surface area (TPSA) is 38.8 Å². The summed E-state index contributed by atoms with van der Waals surface area (Å²) in [6.07, 6.45) is 2.88. The summed E-state index contributed by atoms with van der Waals surface area (Å²) in [6, 6.07) is 14.9. The first-order chi connectivity index (χ1) is 11.8. The largest absolute Gasteiger partial charge is 0.465 e. The lowest BCUT2D eigenvalue weighted by molar-refractivity contribution is 0.0600. The van der Waals surface area contributed by atoms with Crippen LogP contribution >= 0.6 is 0 Å². The molecule has 0 aliphatic carbocycles. The molecule has 24 heavy (non-hydrogen) atoms. The SMILES string of the molecule is COC(=O)c1ccc2c(c1)Cc1ccccc1N2C1CCOCC1. The van der Waals surface area contributed by atoms with E-state index in [1.807, 2.05) is 12.1 Å². The Morgan fingerprint density at radius 1 is 1.08 bits per heavy atom. The van der Waals surface area contributed by atoms with Crippen molar-refractivity contribution in [1.29, 1.82) is 0 Å². The Balaban J connectivity index is 1.80. The van der Waals surface area contributed by atoms with Crippen LogP contribution in [0.15, 0.2) is 42.5 Å². The normalized spacial score (nSPS) is 17.1. The number of para-hydroxylation sites is 1. The van der Waals surface area contributed by atoms with E-state index in [1.54, 1.807) is 0 Å². The molecule has 4 rings (SSSR count). The van der Waals surface area contributed by atoms with Gasteiger partial charge in [-0.1, -0.05) is 18.2 Å². The summed E-state index contributed by atoms with van der Waals surface area (Å²) in [5, 5.41) is 0. The molecule has 0 aromatic heterocycles. The average molecular weight is 323 g/mol. The summed E-state index contributed by atoms with van der Waals surface area (Å²) in [4.78, 5) is 14.3. The second-order valence-corrected chi connectivity index (χ2v) is 6.35. The summed E-state index contributed by atoms with van der Waals surface area (Å²) < 4.78 is 10.4. The Morgan fingerprint density at radius 3 is 2.62 bits per heavy atom. The second kappa shape index (κ2) is 6.29. The molecule has 124 valence electrons. The first kappa shape index (κ1) is 15.2. The van der Waals surface area contributed by atoms with Gasteiger partial charge < -0.3 is 14.4 Å². The van der Waals surface area contributed by atoms with Crippen molar-refractivity contribution < 1.29 is 14.3 Å². The monoisotopic (exact) mass is 323 g/mol. The van der Waals surface area contributed by atoms with E-state index < -0.39 is 0 Å². The fourth-order valence-electron chi connectivity index (χ4n) is 3.77. The summed E-state index contributed by atoms with van der Waals surface area (Å²) >= 11 is 0. The van der Waals surface area contributed by atoms with Gasteiger partial charge in [-0.15, -0.1) is 0 Å². The molecule has 2 aromatic carbocycles. The zero-order valence-corrected chi connectivity index (χ0v) is 13.8. The fraction of sp³-hybridized carbons (Fsp3) is 0.350. The summed E-state index contributed by atoms with van der Waals surface area (Å²) in [7, 11) is 1.42. The number of esters is 1. The maximum atomic E-state index is 11.9. The number of hydrogen-bond acceptors (Lipinski definition) is 4. The van der Waals surface area contributed by atoms with Gasteiger partial charge in [-0.3, -0.25) is 0 Å². The predicted octanol–water partition coefficient (Wildman–Crippen LogP) is 3.69. The summed E-state index contributed by atoms with van der Waals surface area (Å²) in [5.74, 6) is -0.283. The zero-order valence-electron chi connectivity index (χ0n) is 13.8. The molecule has 0 saturated carbocycles. The molecule has 0 spiro atoms. The molecule has 0 N–H and O–H groups in total. The van der Waals surface area contributed by atoms with Crippen molar-refractivity contribution in [2.24, 2.45) is 0 Å². The molecule has 0 bridgehead atoms. The molecule has 0 amide bonds. The fourth-order valence-corrected chi connectivity index (χ4v) is 3.77. The highest BCUT2D eigenvalue weighted by molar-refractivity contribution is 5.91. The second-order valence-electron chi connectivity index (χ2n) is 6.35. The lowest BCUT2D eigenvalue weighted by Gasteiger charge is -2.41. The first-order valence-electron chi connectivity index (χ1n) is 8.44. The summed E-state index contributed by atoms with van der Waals surface area (Å²) in [6.45, 7) is 1.61. The summed E-state index contributed by atoms with van der Waals surface area (Å²) in [5.41, 5.74) is 5.58. The lowest BCUT2D eigenvalue weighted by atomic mass is 9.91. The zero-order chi connectivity index (χ0) is 16.5. The van der Waals surface area contributed by atoms with Crippen LogP contribution in [0, 0.1) is 0 Å². The Labute approximate surface area is 142 Å². The van der Waals surface area contributed by atoms with Crippen molar-refractivity contribution in [2.45, 2.75) is 25.3 Å². The van der Waals surface area contributed by atoms with Gasteiger partial charge in [0.25, 0.3) is 0 Å². The molecule has 0 unspecified atom stereocenters. The molecule has 2 aliphatic rings. The Morgan fingerprint density at radius 2 is 1.83 bits per heavy atom. The molecule has 1 saturated heterocycles. The van der Waals surface area contributed by atoms with Crippen LogP contribution in [-0.2, 0) is 15.9 Å². The minimum absolute atomic E-state index is 0.283. The van der Waals surface area contributed by atoms with E-state index in [0.717, 1.165) is 32.5 Å². The van der Waals surface area contributed by atoms with Crippen LogP contribution < -0.4 is 4.90 Å². The van der Waals surface area contributed by atoms with Crippen molar-refractivity contribution in [2.75, 3.05) is 25.2 Å². The van der Waals surface area contributed by atoms with Crippen molar-refractivity contribution >= 4 is 17.3 Å². The molecule has 2 aliphatic heterocycles. The van der Waals surface area contributed by atoms with Crippen molar-refractivity contribution in [3.8, 4) is 0 Å². The van der Waals surface area contributed by atoms with Crippen LogP contribution in [0.2, 0.25) is 0 Å². The number of rotatable bonds is 2. The Bertz CT molecular complexity index is 765. The van der Waals surface area contributed by atoms with Gasteiger partial charge in [-0.25, -0.2) is 4.79 Å². The van der Waals surface area contributed by atoms with Gasteiger partial charge in [0, 0.05) is 37.1 Å². The Hall–Kier alpha value is -2.33. The first-order valence-corrected chi connectivity index (χ1v) is 8.44. The van der Waals surface area contributed by atoms with Crippen LogP contribution in [0.4, 0.5) is 11.4 Å². The van der Waals surface area contributed by atoms with E-state index in [0.29, 0.717) is 11.6 Å². The smallest absolute Gasteiger partial charge is 0.337 e. The molecule has 2 aromatic rings. The molecular formula is C20H21NO3. The third-order valence-corrected chi connectivity index (χ3v) is 4.95. The molecule has 2 heterocycles. The predicted molar refractivity (Wildman–Crippen MR) is 93.0 cm³/mol. The average Bonchev–Trinajstić information content (AvgIpc) is 2.65. The molecule has 4 heteroatoms. The lowest BCUT2D eigenvalue weighted by Crippen LogP contribution is -2.38. The number of carbonyl (C=O) groups excluding carboxylic acids is 1. The van der Waals surface area contributed by atoms with Crippen molar-refractivity contribution in [3.05, 3.63) is 59.2 Å². The van der Waals surface area contributed by atoms with Gasteiger partial charge in [0.15, 0.2) is 0 Å². The van der Waals surface area contributed by atoms with Gasteiger partial charge >= 0.3 is 5.97 Å². The maximum Gasteiger partial charge on any atom is 0.337 e. The number of methoxy groups -OCH3 is 1.